The molecule has 1 heterocycles. The average Bonchev–Trinajstić information content (AvgIpc) is 2.03. The van der Waals surface area contributed by atoms with E-state index in [0.29, 0.717) is 52.4 Å². The Labute approximate surface area is 555 Å². The standard InChI is InChI=1S/C30H26ClN3O3.C20H13Cl2NO2.C20H14ClNO3.Cl2OS/c31-27-16-22(33-29(36)25-12-6-5-11-24(25)20-8-2-1-3-9-20)14-15-26(27)30(37)34-18-23(19-35)32-17-21-10-4-7-13-28(21)34;21-18-12-14(10-11-17(18)19(22)24)23-20(25)16-9-5-4-8-15(16)13-6-2-1-3-7-13;21-18-12-14(10-11-17(18)20(24)25)22-19(23)16-9-5-4-8-15(16)13-6-2-1-3-7-13;1-4(2)3/h1-16,23,32,35H,17-19H2,(H,33,36);1-12H,(H,23,25);1-12H,(H,22,23)(H,24,25);/t23-;;;/m0.../s1. The lowest BCUT2D eigenvalue weighted by atomic mass is 9.99. The Morgan fingerprint density at radius 2 is 0.802 bits per heavy atom. The zero-order valence-corrected chi connectivity index (χ0v) is 53.0. The first-order chi connectivity index (χ1) is 43.9. The van der Waals surface area contributed by atoms with Crippen LogP contribution >= 0.6 is 67.8 Å². The smallest absolute Gasteiger partial charge is 0.337 e. The van der Waals surface area contributed by atoms with E-state index in [9.17, 15) is 33.9 Å². The first-order valence-electron chi connectivity index (χ1n) is 27.6. The van der Waals surface area contributed by atoms with E-state index in [-0.39, 0.29) is 62.5 Å². The predicted molar refractivity (Wildman–Crippen MR) is 367 cm³/mol. The van der Waals surface area contributed by atoms with Gasteiger partial charge in [0.25, 0.3) is 28.9 Å². The van der Waals surface area contributed by atoms with Crippen LogP contribution in [0.5, 0.6) is 0 Å². The molecule has 0 unspecified atom stereocenters. The quantitative estimate of drug-likeness (QED) is 0.0601. The van der Waals surface area contributed by atoms with Gasteiger partial charge in [0.2, 0.25) is 9.23 Å². The lowest BCUT2D eigenvalue weighted by molar-refractivity contribution is 0.0696. The molecule has 0 aromatic heterocycles. The molecule has 0 bridgehead atoms. The number of nitrogens with zero attached hydrogens (tertiary/aromatic N) is 1. The minimum absolute atomic E-state index is 0.00986. The van der Waals surface area contributed by atoms with E-state index >= 15 is 0 Å². The van der Waals surface area contributed by atoms with Gasteiger partial charge in [-0.2, -0.15) is 0 Å². The molecular formula is C70H53Cl6N5O9S. The number of aromatic carboxylic acids is 1. The highest BCUT2D eigenvalue weighted by atomic mass is 36.0. The van der Waals surface area contributed by atoms with Crippen LogP contribution in [0.4, 0.5) is 22.7 Å². The van der Waals surface area contributed by atoms with Crippen LogP contribution in [0, 0.1) is 0 Å². The summed E-state index contributed by atoms with van der Waals surface area (Å²) in [6, 6.07) is 72.2. The van der Waals surface area contributed by atoms with Crippen molar-refractivity contribution in [2.75, 3.05) is 34.0 Å². The summed E-state index contributed by atoms with van der Waals surface area (Å²) in [5.41, 5.74) is 10.6. The van der Waals surface area contributed by atoms with Gasteiger partial charge in [-0.3, -0.25) is 24.0 Å². The van der Waals surface area contributed by atoms with E-state index in [1.165, 1.54) is 30.3 Å². The molecule has 0 radical (unpaired) electrons. The van der Waals surface area contributed by atoms with Crippen LogP contribution in [0.2, 0.25) is 15.1 Å². The molecule has 0 saturated heterocycles. The number of carboxylic acid groups (broad SMARTS) is 1. The normalized spacial score (nSPS) is 12.1. The van der Waals surface area contributed by atoms with Crippen LogP contribution in [0.1, 0.15) is 67.7 Å². The Morgan fingerprint density at radius 3 is 1.16 bits per heavy atom. The van der Waals surface area contributed by atoms with E-state index < -0.39 is 20.4 Å². The van der Waals surface area contributed by atoms with Gasteiger partial charge in [-0.15, -0.1) is 0 Å². The van der Waals surface area contributed by atoms with Crippen molar-refractivity contribution in [2.45, 2.75) is 12.6 Å². The molecule has 91 heavy (non-hydrogen) atoms. The number of hydrogen-bond acceptors (Lipinski definition) is 9. The second kappa shape index (κ2) is 33.2. The molecule has 460 valence electrons. The summed E-state index contributed by atoms with van der Waals surface area (Å²) in [4.78, 5) is 76.0. The lowest BCUT2D eigenvalue weighted by Gasteiger charge is -2.25. The van der Waals surface area contributed by atoms with E-state index in [4.69, 9.17) is 55.7 Å². The number of para-hydroxylation sites is 1. The van der Waals surface area contributed by atoms with Crippen LogP contribution < -0.4 is 26.2 Å². The monoisotopic (exact) mass is 1350 g/mol. The van der Waals surface area contributed by atoms with Crippen LogP contribution in [-0.2, 0) is 15.8 Å². The molecule has 1 atom stereocenters. The molecule has 0 saturated carbocycles. The molecular weight excluding hydrogens is 1300 g/mol. The van der Waals surface area contributed by atoms with Crippen LogP contribution in [-0.4, -0.2) is 68.5 Å². The number of anilines is 4. The first-order valence-corrected chi connectivity index (χ1v) is 31.9. The number of hydrogen-bond donors (Lipinski definition) is 6. The summed E-state index contributed by atoms with van der Waals surface area (Å²) < 4.78 is 9.09. The Kier molecular flexibility index (Phi) is 24.8. The molecule has 11 rings (SSSR count). The topological polar surface area (TPSA) is 211 Å². The number of rotatable bonds is 13. The fourth-order valence-electron chi connectivity index (χ4n) is 9.55. The summed E-state index contributed by atoms with van der Waals surface area (Å²) in [6.45, 7) is 0.757. The van der Waals surface area contributed by atoms with Gasteiger partial charge in [-0.05, 0) is 129 Å². The summed E-state index contributed by atoms with van der Waals surface area (Å²) >= 11 is 24.0. The third-order valence-electron chi connectivity index (χ3n) is 13.9. The fraction of sp³-hybridized carbons (Fsp3) is 0.0571. The van der Waals surface area contributed by atoms with E-state index in [1.54, 1.807) is 53.4 Å². The van der Waals surface area contributed by atoms with Crippen molar-refractivity contribution in [2.24, 2.45) is 0 Å². The number of carbonyl (C=O) groups excluding carboxylic acids is 5. The van der Waals surface area contributed by atoms with Gasteiger partial charge in [0.15, 0.2) is 0 Å². The second-order valence-corrected chi connectivity index (χ2v) is 23.8. The van der Waals surface area contributed by atoms with Crippen LogP contribution in [0.15, 0.2) is 243 Å². The average molecular weight is 1350 g/mol. The summed E-state index contributed by atoms with van der Waals surface area (Å²) in [5.74, 6) is -2.21. The van der Waals surface area contributed by atoms with Crippen molar-refractivity contribution in [3.05, 3.63) is 297 Å². The number of aliphatic hydroxyl groups is 1. The van der Waals surface area contributed by atoms with Crippen molar-refractivity contribution >= 4 is 135 Å². The lowest BCUT2D eigenvalue weighted by Crippen LogP contribution is -2.43. The number of carbonyl (C=O) groups is 6. The molecule has 0 spiro atoms. The predicted octanol–water partition coefficient (Wildman–Crippen LogP) is 17.0. The van der Waals surface area contributed by atoms with Gasteiger partial charge in [-0.1, -0.05) is 199 Å². The van der Waals surface area contributed by atoms with Crippen molar-refractivity contribution in [1.82, 2.24) is 5.32 Å². The molecule has 21 heteroatoms. The zero-order valence-electron chi connectivity index (χ0n) is 47.7. The maximum Gasteiger partial charge on any atom is 0.337 e. The molecule has 10 aromatic carbocycles. The fourth-order valence-corrected chi connectivity index (χ4v) is 10.6. The Morgan fingerprint density at radius 1 is 0.462 bits per heavy atom. The maximum absolute atomic E-state index is 13.6. The Hall–Kier alpha value is -8.97. The number of halogens is 6. The van der Waals surface area contributed by atoms with Gasteiger partial charge in [-0.25, -0.2) is 9.00 Å². The second-order valence-electron chi connectivity index (χ2n) is 19.7. The largest absolute Gasteiger partial charge is 0.478 e. The zero-order chi connectivity index (χ0) is 65.0. The molecule has 10 aromatic rings. The van der Waals surface area contributed by atoms with Gasteiger partial charge < -0.3 is 36.4 Å². The molecule has 4 amide bonds. The van der Waals surface area contributed by atoms with E-state index in [1.807, 2.05) is 164 Å². The Balaban J connectivity index is 0.000000176. The minimum Gasteiger partial charge on any atom is -0.478 e. The molecule has 14 nitrogen and oxygen atoms in total. The van der Waals surface area contributed by atoms with Gasteiger partial charge in [0, 0.05) is 79.9 Å². The highest BCUT2D eigenvalue weighted by Gasteiger charge is 2.28. The van der Waals surface area contributed by atoms with E-state index in [2.05, 4.69) is 42.6 Å². The first kappa shape index (κ1) is 68.0. The van der Waals surface area contributed by atoms with Gasteiger partial charge in [0.05, 0.1) is 38.4 Å². The summed E-state index contributed by atoms with van der Waals surface area (Å²) in [7, 11) is 7.36. The third-order valence-corrected chi connectivity index (χ3v) is 15.0. The molecule has 1 aliphatic rings. The van der Waals surface area contributed by atoms with Crippen LogP contribution in [0.25, 0.3) is 33.4 Å². The van der Waals surface area contributed by atoms with E-state index in [0.717, 1.165) is 44.6 Å². The molecule has 0 aliphatic carbocycles. The minimum atomic E-state index is -1.67. The third kappa shape index (κ3) is 18.6. The maximum atomic E-state index is 13.6. The molecule has 1 aliphatic heterocycles. The molecule has 6 N–H and O–H groups in total. The SMILES string of the molecule is O=C(Cl)c1ccc(NC(=O)c2ccccc2-c2ccccc2)cc1Cl.O=C(Nc1ccc(C(=O)N2C[C@@H](CO)NCc3ccccc32)c(Cl)c1)c1ccccc1-c1ccccc1.O=C(O)c1ccc(NC(=O)c2ccccc2-c2ccccc2)cc1Cl.O=S(Cl)Cl. The van der Waals surface area contributed by atoms with Crippen molar-refractivity contribution < 1.29 is 43.2 Å². The van der Waals surface area contributed by atoms with Gasteiger partial charge >= 0.3 is 5.97 Å². The number of aliphatic hydroxyl groups excluding tert-OH is 1. The van der Waals surface area contributed by atoms with Crippen molar-refractivity contribution in [3.63, 3.8) is 0 Å². The summed E-state index contributed by atoms with van der Waals surface area (Å²) in [5, 5.41) is 30.4. The summed E-state index contributed by atoms with van der Waals surface area (Å²) in [6.07, 6.45) is 0. The molecule has 0 fully saturated rings. The van der Waals surface area contributed by atoms with Crippen LogP contribution in [0.3, 0.4) is 0 Å². The van der Waals surface area contributed by atoms with Gasteiger partial charge in [0.1, 0.15) is 0 Å². The number of carboxylic acids is 1. The highest BCUT2D eigenvalue weighted by molar-refractivity contribution is 8.26. The highest BCUT2D eigenvalue weighted by Crippen LogP contribution is 2.32. The number of fused-ring (bicyclic) bond motifs is 1. The number of nitrogens with one attached hydrogen (secondary N) is 4. The number of amides is 4. The number of benzene rings is 10. The van der Waals surface area contributed by atoms with Crippen molar-refractivity contribution in [3.8, 4) is 33.4 Å². The Bertz CT molecular complexity index is 4120. The van der Waals surface area contributed by atoms with Crippen molar-refractivity contribution in [1.29, 1.82) is 0 Å².